The van der Waals surface area contributed by atoms with Gasteiger partial charge in [0.15, 0.2) is 0 Å². The smallest absolute Gasteiger partial charge is 0.324 e. The minimum Gasteiger partial charge on any atom is -0.396 e. The molecule has 1 saturated heterocycles. The topological polar surface area (TPSA) is 291 Å². The Hall–Kier alpha value is -8.27. The lowest BCUT2D eigenvalue weighted by Gasteiger charge is -2.41. The number of nitrogens with one attached hydrogen (secondary N) is 8. The molecule has 6 heterocycles. The van der Waals surface area contributed by atoms with Crippen molar-refractivity contribution < 1.29 is 47.7 Å². The summed E-state index contributed by atoms with van der Waals surface area (Å²) in [5.74, 6) is 0. The third-order valence-corrected chi connectivity index (χ3v) is 17.3. The lowest BCUT2D eigenvalue weighted by Crippen LogP contribution is -2.51. The highest BCUT2D eigenvalue weighted by Gasteiger charge is 2.34. The van der Waals surface area contributed by atoms with Crippen LogP contribution in [-0.4, -0.2) is 186 Å². The number of hydrogen-bond acceptors (Lipinski definition) is 15. The monoisotopic (exact) mass is 1250 g/mol. The van der Waals surface area contributed by atoms with Crippen molar-refractivity contribution in [1.29, 1.82) is 0 Å². The van der Waals surface area contributed by atoms with Crippen LogP contribution >= 0.6 is 0 Å². The van der Waals surface area contributed by atoms with E-state index in [-0.39, 0.29) is 37.3 Å². The Morgan fingerprint density at radius 3 is 1.44 bits per heavy atom. The fraction of sp³-hybridized carbons (Fsp3) is 0.460. The summed E-state index contributed by atoms with van der Waals surface area (Å²) in [5.41, 5.74) is 13.8. The highest BCUT2D eigenvalue weighted by atomic mass is 32.2. The Morgan fingerprint density at radius 2 is 0.944 bits per heavy atom. The number of benzene rings is 5. The normalized spacial score (nSPS) is 16.6. The van der Waals surface area contributed by atoms with Crippen LogP contribution in [0.4, 0.5) is 76.1 Å². The number of ether oxygens (including phenoxy) is 1. The van der Waals surface area contributed by atoms with Gasteiger partial charge in [0, 0.05) is 174 Å². The van der Waals surface area contributed by atoms with Gasteiger partial charge in [-0.15, -0.1) is 0 Å². The summed E-state index contributed by atoms with van der Waals surface area (Å²) in [7, 11) is 11.1. The van der Waals surface area contributed by atoms with Crippen molar-refractivity contribution in [3.63, 3.8) is 0 Å². The molecular weight excluding hydrogens is 1160 g/mol. The molecule has 8 amide bonds. The lowest BCUT2D eigenvalue weighted by molar-refractivity contribution is 0.0441. The summed E-state index contributed by atoms with van der Waals surface area (Å²) in [5, 5.41) is 48.4. The predicted octanol–water partition coefficient (Wildman–Crippen LogP) is 8.29. The van der Waals surface area contributed by atoms with Crippen LogP contribution < -0.4 is 51.7 Å². The minimum atomic E-state index is -3.34. The molecule has 0 saturated carbocycles. The second kappa shape index (κ2) is 31.3. The zero-order valence-corrected chi connectivity index (χ0v) is 53.8. The van der Waals surface area contributed by atoms with Crippen LogP contribution in [0.3, 0.4) is 0 Å². The molecule has 11 N–H and O–H groups in total. The number of carbonyl (C=O) groups excluding carboxylic acids is 4. The Labute approximate surface area is 523 Å². The van der Waals surface area contributed by atoms with E-state index in [9.17, 15) is 32.7 Å². The van der Waals surface area contributed by atoms with Crippen LogP contribution in [0.5, 0.6) is 0 Å². The second-order valence-corrected chi connectivity index (χ2v) is 24.7. The van der Waals surface area contributed by atoms with Crippen LogP contribution in [0, 0.1) is 0 Å². The maximum Gasteiger partial charge on any atom is 0.324 e. The van der Waals surface area contributed by atoms with E-state index < -0.39 is 15.8 Å². The van der Waals surface area contributed by atoms with Gasteiger partial charge < -0.3 is 76.9 Å². The summed E-state index contributed by atoms with van der Waals surface area (Å²) in [6.45, 7) is 9.65. The highest BCUT2D eigenvalue weighted by Crippen LogP contribution is 2.35. The largest absolute Gasteiger partial charge is 0.396 e. The minimum absolute atomic E-state index is 0.01000. The number of carbonyl (C=O) groups is 4. The molecular formula is C63H91N15O10S. The number of fused-ring (bicyclic) bond motifs is 5. The molecule has 0 aliphatic carbocycles. The quantitative estimate of drug-likeness (QED) is 0.0440. The number of unbranched alkanes of at least 4 members (excludes halogenated alkanes) is 1. The summed E-state index contributed by atoms with van der Waals surface area (Å²) >= 11 is 0. The van der Waals surface area contributed by atoms with E-state index in [1.165, 1.54) is 9.87 Å². The van der Waals surface area contributed by atoms with Crippen molar-refractivity contribution in [2.45, 2.75) is 90.3 Å². The zero-order valence-electron chi connectivity index (χ0n) is 53.0. The molecule has 5 aromatic rings. The predicted molar refractivity (Wildman–Crippen MR) is 355 cm³/mol. The van der Waals surface area contributed by atoms with Crippen LogP contribution in [0.1, 0.15) is 73.8 Å². The molecule has 0 atom stereocenters. The number of amides is 8. The van der Waals surface area contributed by atoms with Crippen molar-refractivity contribution in [2.75, 3.05) is 154 Å². The van der Waals surface area contributed by atoms with Gasteiger partial charge >= 0.3 is 34.3 Å². The van der Waals surface area contributed by atoms with Gasteiger partial charge in [0.1, 0.15) is 0 Å². The van der Waals surface area contributed by atoms with E-state index in [1.54, 1.807) is 65.6 Å². The zero-order chi connectivity index (χ0) is 64.6. The molecule has 0 unspecified atom stereocenters. The third-order valence-electron chi connectivity index (χ3n) is 15.9. The maximum atomic E-state index is 12.6. The first kappa shape index (κ1) is 68.2. The summed E-state index contributed by atoms with van der Waals surface area (Å²) in [6, 6.07) is 29.9. The van der Waals surface area contributed by atoms with E-state index in [0.717, 1.165) is 112 Å². The number of urea groups is 4. The molecule has 0 bridgehead atoms. The number of aliphatic hydroxyl groups excluding tert-OH is 2. The van der Waals surface area contributed by atoms with Crippen LogP contribution in [-0.2, 0) is 47.7 Å². The van der Waals surface area contributed by atoms with Crippen molar-refractivity contribution in [1.82, 2.24) is 23.9 Å². The van der Waals surface area contributed by atoms with Crippen molar-refractivity contribution >= 4 is 91.2 Å². The van der Waals surface area contributed by atoms with Gasteiger partial charge in [-0.05, 0) is 134 Å². The van der Waals surface area contributed by atoms with E-state index in [0.29, 0.717) is 70.5 Å². The third kappa shape index (κ3) is 18.0. The van der Waals surface area contributed by atoms with Crippen molar-refractivity contribution in [3.05, 3.63) is 119 Å². The van der Waals surface area contributed by atoms with Crippen molar-refractivity contribution in [3.8, 4) is 0 Å². The fourth-order valence-corrected chi connectivity index (χ4v) is 11.7. The van der Waals surface area contributed by atoms with Crippen LogP contribution in [0.15, 0.2) is 91.0 Å². The number of aliphatic hydroxyl groups is 3. The van der Waals surface area contributed by atoms with Crippen molar-refractivity contribution in [2.24, 2.45) is 0 Å². The van der Waals surface area contributed by atoms with E-state index in [1.807, 2.05) is 113 Å². The van der Waals surface area contributed by atoms with Gasteiger partial charge in [-0.25, -0.2) is 19.2 Å². The first-order valence-electron chi connectivity index (χ1n) is 30.0. The van der Waals surface area contributed by atoms with Gasteiger partial charge in [-0.2, -0.15) is 12.7 Å². The number of hydrogen-bond donors (Lipinski definition) is 11. The average molecular weight is 1250 g/mol. The highest BCUT2D eigenvalue weighted by molar-refractivity contribution is 7.90. The lowest BCUT2D eigenvalue weighted by atomic mass is 10.0. The SMILES string of the molecule is CNc1ccc2c(c1)N(C)C(=O)N(C1CCOCC1)C2.CNc1ccc2c(c1)N(C)C(=O)N(CCCO)C2.CNc1ccc2c(c1)NC(=O)N(CC(C)(C)O)C2.CNc1ccc2c(c1)NC(=O)N(CCCCO)C2.CNc1ccc2c(c1)NS(=O)(=O)N(C)C2. The molecule has 0 spiro atoms. The maximum absolute atomic E-state index is 12.6. The van der Waals surface area contributed by atoms with Gasteiger partial charge in [-0.1, -0.05) is 30.3 Å². The molecule has 1 fully saturated rings. The first-order chi connectivity index (χ1) is 42.5. The number of rotatable bonds is 15. The molecule has 0 aromatic heterocycles. The molecule has 11 rings (SSSR count). The van der Waals surface area contributed by atoms with Gasteiger partial charge in [-0.3, -0.25) is 14.5 Å². The summed E-state index contributed by atoms with van der Waals surface area (Å²) in [6.07, 6.45) is 4.04. The number of β-amino-alcohol motifs (C(OH)–C–C–N with tert-alkyl or cyclic N) is 1. The first-order valence-corrected chi connectivity index (χ1v) is 31.5. The fourth-order valence-electron chi connectivity index (χ4n) is 10.8. The average Bonchev–Trinajstić information content (AvgIpc) is 2.57. The molecule has 0 radical (unpaired) electrons. The van der Waals surface area contributed by atoms with E-state index in [2.05, 4.69) is 54.1 Å². The molecule has 484 valence electrons. The van der Waals surface area contributed by atoms with Gasteiger partial charge in [0.2, 0.25) is 0 Å². The summed E-state index contributed by atoms with van der Waals surface area (Å²) in [4.78, 5) is 59.1. The number of anilines is 10. The standard InChI is InChI=1S/C15H21N3O2.3C13H19N3O2.C9H13N3O2S/c1-16-12-4-3-11-10-18(13-5-7-20-8-6-13)15(19)17(2)14(11)9-12;1-13(2,18)8-16-7-9-4-5-10(14-3)6-11(9)15-12(16)17;1-14-11-5-4-10-9-16(6-3-7-17)13(18)15(2)12(10)8-11;1-14-11-5-4-10-9-16(6-2-3-7-17)13(18)15-12(10)8-11;1-10-8-4-3-7-6-12(2)15(13,14)11-9(7)5-8/h3-4,9,13,16H,5-8,10H2,1-2H3;4-6,14,18H,7-8H2,1-3H3,(H,15,17);4-5,8,14,17H,3,6-7,9H2,1-2H3;4-5,8,14,17H,2-3,6-7,9H2,1H3,(H,15,18);3-5,10-11H,6H2,1-2H3. The van der Waals surface area contributed by atoms with Gasteiger partial charge in [0.05, 0.1) is 29.2 Å². The van der Waals surface area contributed by atoms with Gasteiger partial charge in [0.25, 0.3) is 0 Å². The number of nitrogens with zero attached hydrogens (tertiary/aromatic N) is 7. The second-order valence-electron chi connectivity index (χ2n) is 23.0. The Balaban J connectivity index is 0.000000159. The van der Waals surface area contributed by atoms with Crippen LogP contribution in [0.2, 0.25) is 0 Å². The Bertz CT molecular complexity index is 3360. The molecule has 89 heavy (non-hydrogen) atoms. The Morgan fingerprint density at radius 1 is 0.528 bits per heavy atom. The molecule has 6 aliphatic heterocycles. The summed E-state index contributed by atoms with van der Waals surface area (Å²) < 4.78 is 32.3. The molecule has 5 aromatic carbocycles. The Kier molecular flexibility index (Phi) is 24.0. The molecule has 25 nitrogen and oxygen atoms in total. The van der Waals surface area contributed by atoms with E-state index in [4.69, 9.17) is 14.9 Å². The molecule has 6 aliphatic rings. The van der Waals surface area contributed by atoms with Crippen LogP contribution in [0.25, 0.3) is 0 Å². The van der Waals surface area contributed by atoms with E-state index >= 15 is 0 Å². The molecule has 26 heteroatoms.